The number of aromatic hydroxyl groups is 1. The standard InChI is InChI=1S/C26H16F3NO2/c27-26(28,29)22-10-4-9-18(24(22)30)20-13-19-17-8-2-1-5-14(17)12-21(19)25(32)23(20)15-6-3-7-16(31)11-15/h1-13,31H,30H2. The number of hydrogen-bond acceptors (Lipinski definition) is 3. The van der Waals surface area contributed by atoms with Gasteiger partial charge < -0.3 is 10.8 Å². The van der Waals surface area contributed by atoms with Crippen molar-refractivity contribution in [3.63, 3.8) is 0 Å². The van der Waals surface area contributed by atoms with E-state index in [2.05, 4.69) is 0 Å². The Kier molecular flexibility index (Phi) is 4.34. The number of benzene rings is 3. The molecule has 3 nitrogen and oxygen atoms in total. The smallest absolute Gasteiger partial charge is 0.418 e. The zero-order valence-electron chi connectivity index (χ0n) is 16.6. The summed E-state index contributed by atoms with van der Waals surface area (Å²) in [6.07, 6.45) is -1.15. The molecule has 0 heterocycles. The first-order valence-electron chi connectivity index (χ1n) is 9.83. The quantitative estimate of drug-likeness (QED) is 0.492. The maximum Gasteiger partial charge on any atom is 0.418 e. The normalized spacial score (nSPS) is 15.3. The largest absolute Gasteiger partial charge is 0.508 e. The zero-order valence-corrected chi connectivity index (χ0v) is 16.6. The van der Waals surface area contributed by atoms with E-state index in [4.69, 9.17) is 5.73 Å². The number of anilines is 1. The van der Waals surface area contributed by atoms with Gasteiger partial charge in [-0.05, 0) is 58.2 Å². The van der Waals surface area contributed by atoms with Crippen LogP contribution < -0.4 is 5.73 Å². The molecule has 0 bridgehead atoms. The predicted molar refractivity (Wildman–Crippen MR) is 118 cm³/mol. The number of nitrogens with two attached hydrogens (primary N) is 1. The van der Waals surface area contributed by atoms with E-state index in [9.17, 15) is 23.1 Å². The van der Waals surface area contributed by atoms with E-state index in [-0.39, 0.29) is 28.2 Å². The molecule has 0 aromatic heterocycles. The van der Waals surface area contributed by atoms with Gasteiger partial charge in [-0.15, -0.1) is 0 Å². The van der Waals surface area contributed by atoms with Gasteiger partial charge in [-0.3, -0.25) is 4.79 Å². The van der Waals surface area contributed by atoms with Crippen molar-refractivity contribution in [3.05, 3.63) is 106 Å². The van der Waals surface area contributed by atoms with E-state index < -0.39 is 17.4 Å². The van der Waals surface area contributed by atoms with E-state index >= 15 is 0 Å². The highest BCUT2D eigenvalue weighted by atomic mass is 19.4. The molecule has 0 saturated carbocycles. The monoisotopic (exact) mass is 431 g/mol. The number of halogens is 3. The molecule has 5 rings (SSSR count). The number of allylic oxidation sites excluding steroid dienone is 5. The third-order valence-corrected chi connectivity index (χ3v) is 5.71. The van der Waals surface area contributed by atoms with Crippen LogP contribution in [0.1, 0.15) is 27.8 Å². The number of nitrogen functional groups attached to an aromatic ring is 1. The third kappa shape index (κ3) is 3.03. The average molecular weight is 431 g/mol. The van der Waals surface area contributed by atoms with Crippen LogP contribution in [0.3, 0.4) is 0 Å². The molecule has 2 aliphatic carbocycles. The molecule has 0 amide bonds. The number of phenols is 1. The van der Waals surface area contributed by atoms with Crippen LogP contribution in [0.2, 0.25) is 0 Å². The van der Waals surface area contributed by atoms with Crippen molar-refractivity contribution >= 4 is 34.3 Å². The Balaban J connectivity index is 1.84. The summed E-state index contributed by atoms with van der Waals surface area (Å²) in [5.41, 5.74) is 8.35. The number of hydrogen-bond donors (Lipinski definition) is 2. The Morgan fingerprint density at radius 1 is 0.812 bits per heavy atom. The summed E-state index contributed by atoms with van der Waals surface area (Å²) < 4.78 is 40.6. The molecule has 3 aromatic carbocycles. The number of rotatable bonds is 2. The molecule has 158 valence electrons. The molecule has 0 saturated heterocycles. The Morgan fingerprint density at radius 3 is 2.28 bits per heavy atom. The number of fused-ring (bicyclic) bond motifs is 3. The molecule has 32 heavy (non-hydrogen) atoms. The summed E-state index contributed by atoms with van der Waals surface area (Å²) in [4.78, 5) is 13.7. The SMILES string of the molecule is Nc1c(C2=C(c3cccc(O)c3)C(=O)C3=Cc4ccccc4C3=C2)cccc1C(F)(F)F. The number of carbonyl (C=O) groups is 1. The van der Waals surface area contributed by atoms with Crippen molar-refractivity contribution in [1.82, 2.24) is 0 Å². The summed E-state index contributed by atoms with van der Waals surface area (Å²) >= 11 is 0. The Labute approximate surface area is 181 Å². The number of para-hydroxylation sites is 1. The lowest BCUT2D eigenvalue weighted by molar-refractivity contribution is -0.136. The Morgan fingerprint density at radius 2 is 1.53 bits per heavy atom. The maximum absolute atomic E-state index is 13.7. The van der Waals surface area contributed by atoms with Crippen LogP contribution in [0.5, 0.6) is 5.75 Å². The van der Waals surface area contributed by atoms with Gasteiger partial charge in [0.1, 0.15) is 5.75 Å². The highest BCUT2D eigenvalue weighted by Gasteiger charge is 2.36. The summed E-state index contributed by atoms with van der Waals surface area (Å²) in [7, 11) is 0. The summed E-state index contributed by atoms with van der Waals surface area (Å²) in [5, 5.41) is 9.98. The van der Waals surface area contributed by atoms with Crippen molar-refractivity contribution < 1.29 is 23.1 Å². The lowest BCUT2D eigenvalue weighted by atomic mass is 9.80. The van der Waals surface area contributed by atoms with Crippen molar-refractivity contribution in [1.29, 1.82) is 0 Å². The van der Waals surface area contributed by atoms with Gasteiger partial charge in [0.2, 0.25) is 0 Å². The average Bonchev–Trinajstić information content (AvgIpc) is 3.12. The minimum Gasteiger partial charge on any atom is -0.508 e. The van der Waals surface area contributed by atoms with Gasteiger partial charge in [-0.25, -0.2) is 0 Å². The van der Waals surface area contributed by atoms with E-state index in [0.717, 1.165) is 17.2 Å². The molecule has 0 atom stereocenters. The predicted octanol–water partition coefficient (Wildman–Crippen LogP) is 5.97. The topological polar surface area (TPSA) is 63.3 Å². The lowest BCUT2D eigenvalue weighted by Gasteiger charge is -2.22. The van der Waals surface area contributed by atoms with Crippen LogP contribution in [0.15, 0.2) is 78.4 Å². The number of alkyl halides is 3. The molecule has 0 fully saturated rings. The van der Waals surface area contributed by atoms with Gasteiger partial charge >= 0.3 is 6.18 Å². The fraction of sp³-hybridized carbons (Fsp3) is 0.0385. The molecule has 3 aromatic rings. The first-order chi connectivity index (χ1) is 15.3. The fourth-order valence-corrected chi connectivity index (χ4v) is 4.27. The van der Waals surface area contributed by atoms with Crippen LogP contribution in [0, 0.1) is 0 Å². The van der Waals surface area contributed by atoms with Crippen molar-refractivity contribution in [2.75, 3.05) is 5.73 Å². The maximum atomic E-state index is 13.7. The number of phenolic OH excluding ortho intramolecular Hbond substituents is 1. The third-order valence-electron chi connectivity index (χ3n) is 5.71. The van der Waals surface area contributed by atoms with E-state index in [1.165, 1.54) is 24.3 Å². The van der Waals surface area contributed by atoms with Crippen molar-refractivity contribution in [2.24, 2.45) is 0 Å². The summed E-state index contributed by atoms with van der Waals surface area (Å²) in [6, 6.07) is 17.2. The van der Waals surface area contributed by atoms with Gasteiger partial charge in [-0.1, -0.05) is 48.5 Å². The van der Waals surface area contributed by atoms with Gasteiger partial charge in [0.25, 0.3) is 0 Å². The number of carbonyl (C=O) groups excluding carboxylic acids is 1. The molecule has 0 unspecified atom stereocenters. The van der Waals surface area contributed by atoms with Crippen LogP contribution >= 0.6 is 0 Å². The molecular weight excluding hydrogens is 415 g/mol. The van der Waals surface area contributed by atoms with Crippen LogP contribution in [-0.4, -0.2) is 10.9 Å². The molecule has 0 aliphatic heterocycles. The second kappa shape index (κ2) is 6.99. The lowest BCUT2D eigenvalue weighted by Crippen LogP contribution is -2.14. The van der Waals surface area contributed by atoms with Gasteiger partial charge in [0.05, 0.1) is 11.3 Å². The van der Waals surface area contributed by atoms with E-state index in [1.54, 1.807) is 24.3 Å². The van der Waals surface area contributed by atoms with Gasteiger partial charge in [0.15, 0.2) is 5.78 Å². The second-order valence-corrected chi connectivity index (χ2v) is 7.64. The zero-order chi connectivity index (χ0) is 22.6. The number of ketones is 1. The first-order valence-corrected chi connectivity index (χ1v) is 9.83. The fourth-order valence-electron chi connectivity index (χ4n) is 4.27. The highest BCUT2D eigenvalue weighted by molar-refractivity contribution is 6.44. The van der Waals surface area contributed by atoms with Crippen molar-refractivity contribution in [3.8, 4) is 5.75 Å². The van der Waals surface area contributed by atoms with E-state index in [0.29, 0.717) is 16.7 Å². The number of Topliss-reactive ketones (excluding diaryl/α,β-unsaturated/α-hetero) is 1. The molecule has 2 aliphatic rings. The summed E-state index contributed by atoms with van der Waals surface area (Å²) in [6.45, 7) is 0. The Bertz CT molecular complexity index is 1390. The molecule has 0 spiro atoms. The molecule has 3 N–H and O–H groups in total. The van der Waals surface area contributed by atoms with E-state index in [1.807, 2.05) is 24.3 Å². The molecule has 0 radical (unpaired) electrons. The minimum absolute atomic E-state index is 0.0578. The van der Waals surface area contributed by atoms with Crippen LogP contribution in [-0.2, 0) is 11.0 Å². The minimum atomic E-state index is -4.64. The summed E-state index contributed by atoms with van der Waals surface area (Å²) in [5.74, 6) is -0.395. The molecular formula is C26H16F3NO2. The Hall–Kier alpha value is -4.06. The highest BCUT2D eigenvalue weighted by Crippen LogP contribution is 2.48. The molecule has 6 heteroatoms. The van der Waals surface area contributed by atoms with Crippen LogP contribution in [0.25, 0.3) is 22.8 Å². The van der Waals surface area contributed by atoms with Crippen LogP contribution in [0.4, 0.5) is 18.9 Å². The van der Waals surface area contributed by atoms with Gasteiger partial charge in [-0.2, -0.15) is 13.2 Å². The first kappa shape index (κ1) is 19.9. The second-order valence-electron chi connectivity index (χ2n) is 7.64. The van der Waals surface area contributed by atoms with Gasteiger partial charge in [0, 0.05) is 16.7 Å². The van der Waals surface area contributed by atoms with Crippen molar-refractivity contribution in [2.45, 2.75) is 6.18 Å².